The van der Waals surface area contributed by atoms with E-state index in [1.165, 1.54) is 7.11 Å². The van der Waals surface area contributed by atoms with E-state index < -0.39 is 5.97 Å². The Morgan fingerprint density at radius 1 is 1.62 bits per heavy atom. The van der Waals surface area contributed by atoms with E-state index in [0.717, 1.165) is 11.1 Å². The van der Waals surface area contributed by atoms with Crippen molar-refractivity contribution in [1.82, 2.24) is 4.98 Å². The van der Waals surface area contributed by atoms with Gasteiger partial charge in [0.05, 0.1) is 7.11 Å². The Labute approximate surface area is 94.4 Å². The molecule has 0 saturated heterocycles. The number of nitrogens with two attached hydrogens (primary N) is 1. The first-order valence-corrected chi connectivity index (χ1v) is 4.77. The Morgan fingerprint density at radius 3 is 2.81 bits per heavy atom. The van der Waals surface area contributed by atoms with E-state index in [-0.39, 0.29) is 11.4 Å². The average molecular weight is 218 g/mol. The number of hydrogen-bond donors (Lipinski definition) is 1. The third kappa shape index (κ3) is 2.28. The van der Waals surface area contributed by atoms with Crippen molar-refractivity contribution in [3.63, 3.8) is 0 Å². The SMILES string of the molecule is C=C/C(=C\C)c1cnc(N)c(C(=O)OC)c1. The van der Waals surface area contributed by atoms with Crippen LogP contribution in [-0.4, -0.2) is 18.1 Å². The van der Waals surface area contributed by atoms with Crippen molar-refractivity contribution in [2.45, 2.75) is 6.92 Å². The van der Waals surface area contributed by atoms with E-state index in [9.17, 15) is 4.79 Å². The minimum atomic E-state index is -0.494. The highest BCUT2D eigenvalue weighted by molar-refractivity contribution is 5.95. The van der Waals surface area contributed by atoms with Crippen LogP contribution in [0.5, 0.6) is 0 Å². The third-order valence-corrected chi connectivity index (χ3v) is 2.19. The molecule has 0 radical (unpaired) electrons. The van der Waals surface area contributed by atoms with Crippen molar-refractivity contribution in [2.75, 3.05) is 12.8 Å². The molecule has 0 aliphatic carbocycles. The lowest BCUT2D eigenvalue weighted by Gasteiger charge is -2.06. The number of nitrogen functional groups attached to an aromatic ring is 1. The Morgan fingerprint density at radius 2 is 2.31 bits per heavy atom. The van der Waals surface area contributed by atoms with Crippen LogP contribution in [-0.2, 0) is 4.74 Å². The molecule has 4 heteroatoms. The molecular formula is C12H14N2O2. The molecular weight excluding hydrogens is 204 g/mol. The summed E-state index contributed by atoms with van der Waals surface area (Å²) < 4.78 is 4.61. The molecule has 1 aromatic heterocycles. The molecule has 0 bridgehead atoms. The second-order valence-corrected chi connectivity index (χ2v) is 3.10. The van der Waals surface area contributed by atoms with Crippen molar-refractivity contribution < 1.29 is 9.53 Å². The zero-order valence-electron chi connectivity index (χ0n) is 9.36. The van der Waals surface area contributed by atoms with Crippen LogP contribution in [0.3, 0.4) is 0 Å². The van der Waals surface area contributed by atoms with Crippen LogP contribution in [0, 0.1) is 0 Å². The van der Waals surface area contributed by atoms with Gasteiger partial charge in [0.25, 0.3) is 0 Å². The van der Waals surface area contributed by atoms with Crippen LogP contribution < -0.4 is 5.73 Å². The molecule has 0 saturated carbocycles. The van der Waals surface area contributed by atoms with Crippen LogP contribution in [0.2, 0.25) is 0 Å². The average Bonchev–Trinajstić information content (AvgIpc) is 2.31. The zero-order valence-corrected chi connectivity index (χ0v) is 9.36. The van der Waals surface area contributed by atoms with E-state index in [2.05, 4.69) is 16.3 Å². The lowest BCUT2D eigenvalue weighted by Crippen LogP contribution is -2.07. The number of carbonyl (C=O) groups excluding carboxylic acids is 1. The summed E-state index contributed by atoms with van der Waals surface area (Å²) in [5.41, 5.74) is 7.53. The van der Waals surface area contributed by atoms with Gasteiger partial charge >= 0.3 is 5.97 Å². The van der Waals surface area contributed by atoms with Crippen molar-refractivity contribution in [2.24, 2.45) is 0 Å². The summed E-state index contributed by atoms with van der Waals surface area (Å²) in [5.74, 6) is -0.332. The molecule has 0 fully saturated rings. The van der Waals surface area contributed by atoms with Crippen LogP contribution in [0.15, 0.2) is 31.0 Å². The molecule has 0 atom stereocenters. The minimum absolute atomic E-state index is 0.162. The smallest absolute Gasteiger partial charge is 0.341 e. The molecule has 0 aliphatic heterocycles. The van der Waals surface area contributed by atoms with Crippen molar-refractivity contribution in [1.29, 1.82) is 0 Å². The van der Waals surface area contributed by atoms with Gasteiger partial charge in [-0.1, -0.05) is 18.7 Å². The van der Waals surface area contributed by atoms with Gasteiger partial charge in [-0.25, -0.2) is 9.78 Å². The van der Waals surface area contributed by atoms with Gasteiger partial charge in [0.15, 0.2) is 0 Å². The number of pyridine rings is 1. The highest BCUT2D eigenvalue weighted by Gasteiger charge is 2.12. The number of ether oxygens (including phenoxy) is 1. The molecule has 16 heavy (non-hydrogen) atoms. The first-order chi connectivity index (χ1) is 7.63. The number of nitrogens with zero attached hydrogens (tertiary/aromatic N) is 1. The number of anilines is 1. The quantitative estimate of drug-likeness (QED) is 0.622. The summed E-state index contributed by atoms with van der Waals surface area (Å²) in [6.45, 7) is 5.56. The fourth-order valence-electron chi connectivity index (χ4n) is 1.31. The minimum Gasteiger partial charge on any atom is -0.465 e. The maximum absolute atomic E-state index is 11.4. The summed E-state index contributed by atoms with van der Waals surface area (Å²) in [4.78, 5) is 15.4. The van der Waals surface area contributed by atoms with Gasteiger partial charge in [-0.15, -0.1) is 0 Å². The molecule has 84 valence electrons. The molecule has 1 heterocycles. The zero-order chi connectivity index (χ0) is 12.1. The first-order valence-electron chi connectivity index (χ1n) is 4.77. The van der Waals surface area contributed by atoms with E-state index in [1.54, 1.807) is 18.3 Å². The number of allylic oxidation sites excluding steroid dienone is 3. The van der Waals surface area contributed by atoms with E-state index >= 15 is 0 Å². The molecule has 1 rings (SSSR count). The topological polar surface area (TPSA) is 65.2 Å². The monoisotopic (exact) mass is 218 g/mol. The Bertz CT molecular complexity index is 450. The Kier molecular flexibility index (Phi) is 3.83. The fourth-order valence-corrected chi connectivity index (χ4v) is 1.31. The van der Waals surface area contributed by atoms with Gasteiger partial charge in [0.2, 0.25) is 0 Å². The molecule has 4 nitrogen and oxygen atoms in total. The van der Waals surface area contributed by atoms with Gasteiger partial charge in [-0.3, -0.25) is 0 Å². The predicted octanol–water partition coefficient (Wildman–Crippen LogP) is 2.04. The van der Waals surface area contributed by atoms with Crippen LogP contribution in [0.1, 0.15) is 22.8 Å². The normalized spacial score (nSPS) is 11.0. The van der Waals surface area contributed by atoms with Gasteiger partial charge in [-0.05, 0) is 18.6 Å². The maximum Gasteiger partial charge on any atom is 0.341 e. The van der Waals surface area contributed by atoms with Crippen LogP contribution in [0.4, 0.5) is 5.82 Å². The van der Waals surface area contributed by atoms with Crippen LogP contribution >= 0.6 is 0 Å². The first kappa shape index (κ1) is 12.0. The molecule has 0 amide bonds. The molecule has 2 N–H and O–H groups in total. The summed E-state index contributed by atoms with van der Waals surface area (Å²) in [7, 11) is 1.30. The van der Waals surface area contributed by atoms with Crippen LogP contribution in [0.25, 0.3) is 5.57 Å². The largest absolute Gasteiger partial charge is 0.465 e. The molecule has 0 aliphatic rings. The molecule has 1 aromatic rings. The number of rotatable bonds is 3. The lowest BCUT2D eigenvalue weighted by atomic mass is 10.1. The summed E-state index contributed by atoms with van der Waals surface area (Å²) in [6, 6.07) is 1.64. The van der Waals surface area contributed by atoms with E-state index in [4.69, 9.17) is 5.73 Å². The number of esters is 1. The standard InChI is InChI=1S/C12H14N2O2/c1-4-8(5-2)9-6-10(12(15)16-3)11(13)14-7-9/h4-7H,1H2,2-3H3,(H2,13,14)/b8-5+. The number of methoxy groups -OCH3 is 1. The fraction of sp³-hybridized carbons (Fsp3) is 0.167. The third-order valence-electron chi connectivity index (χ3n) is 2.19. The summed E-state index contributed by atoms with van der Waals surface area (Å²) in [5, 5.41) is 0. The maximum atomic E-state index is 11.4. The predicted molar refractivity (Wildman–Crippen MR) is 63.8 cm³/mol. The van der Waals surface area contributed by atoms with Gasteiger partial charge in [0.1, 0.15) is 11.4 Å². The van der Waals surface area contributed by atoms with Gasteiger partial charge < -0.3 is 10.5 Å². The number of aromatic nitrogens is 1. The lowest BCUT2D eigenvalue weighted by molar-refractivity contribution is 0.0601. The van der Waals surface area contributed by atoms with Crippen molar-refractivity contribution in [3.8, 4) is 0 Å². The summed E-state index contributed by atoms with van der Waals surface area (Å²) >= 11 is 0. The van der Waals surface area contributed by atoms with Crippen molar-refractivity contribution in [3.05, 3.63) is 42.1 Å². The highest BCUT2D eigenvalue weighted by Crippen LogP contribution is 2.19. The molecule has 0 spiro atoms. The number of carbonyl (C=O) groups is 1. The van der Waals surface area contributed by atoms with Gasteiger partial charge in [-0.2, -0.15) is 0 Å². The van der Waals surface area contributed by atoms with Crippen molar-refractivity contribution >= 4 is 17.4 Å². The second kappa shape index (κ2) is 5.11. The second-order valence-electron chi connectivity index (χ2n) is 3.10. The molecule has 0 unspecified atom stereocenters. The highest BCUT2D eigenvalue weighted by atomic mass is 16.5. The Balaban J connectivity index is 3.27. The van der Waals surface area contributed by atoms with E-state index in [1.807, 2.05) is 13.0 Å². The van der Waals surface area contributed by atoms with E-state index in [0.29, 0.717) is 0 Å². The summed E-state index contributed by atoms with van der Waals surface area (Å²) in [6.07, 6.45) is 5.16. The number of hydrogen-bond acceptors (Lipinski definition) is 4. The van der Waals surface area contributed by atoms with Gasteiger partial charge in [0, 0.05) is 11.8 Å². The Hall–Kier alpha value is -2.10. The molecule has 0 aromatic carbocycles.